The summed E-state index contributed by atoms with van der Waals surface area (Å²) < 4.78 is 55.5. The zero-order valence-electron chi connectivity index (χ0n) is 15.5. The van der Waals surface area contributed by atoms with Gasteiger partial charge in [-0.3, -0.25) is 5.32 Å². The molecule has 0 fully saturated rings. The van der Waals surface area contributed by atoms with Gasteiger partial charge in [0.2, 0.25) is 0 Å². The Kier molecular flexibility index (Phi) is 6.73. The normalized spacial score (nSPS) is 13.5. The van der Waals surface area contributed by atoms with Gasteiger partial charge in [-0.1, -0.05) is 18.1 Å². The largest absolute Gasteiger partial charge is 0.495 e. The molecule has 6 nitrogen and oxygen atoms in total. The number of nitrogens with one attached hydrogen (secondary N) is 1. The first-order valence-electron chi connectivity index (χ1n) is 7.69. The van der Waals surface area contributed by atoms with E-state index in [0.29, 0.717) is 0 Å². The maximum atomic E-state index is 13.8. The number of methoxy groups -OCH3 is 2. The summed E-state index contributed by atoms with van der Waals surface area (Å²) >= 11 is 0. The van der Waals surface area contributed by atoms with Crippen molar-refractivity contribution in [1.29, 1.82) is 0 Å². The van der Waals surface area contributed by atoms with Crippen LogP contribution in [-0.4, -0.2) is 43.6 Å². The number of rotatable bonds is 3. The van der Waals surface area contributed by atoms with Gasteiger partial charge in [0.05, 0.1) is 19.8 Å². The monoisotopic (exact) mass is 387 g/mol. The fraction of sp³-hybridized carbons (Fsp3) is 0.444. The van der Waals surface area contributed by atoms with Gasteiger partial charge in [0.15, 0.2) is 0 Å². The number of alkyl halides is 3. The van der Waals surface area contributed by atoms with E-state index in [1.807, 2.05) is 0 Å². The van der Waals surface area contributed by atoms with Crippen molar-refractivity contribution in [3.8, 4) is 17.6 Å². The molecule has 0 aliphatic carbocycles. The van der Waals surface area contributed by atoms with Crippen LogP contribution in [0.4, 0.5) is 18.0 Å². The van der Waals surface area contributed by atoms with Crippen molar-refractivity contribution in [2.45, 2.75) is 38.1 Å². The molecule has 0 heterocycles. The second-order valence-corrected chi connectivity index (χ2v) is 6.32. The Morgan fingerprint density at radius 3 is 2.15 bits per heavy atom. The Labute approximate surface area is 155 Å². The van der Waals surface area contributed by atoms with Gasteiger partial charge in [0.25, 0.3) is 5.54 Å². The van der Waals surface area contributed by atoms with Crippen LogP contribution in [0, 0.1) is 11.8 Å². The van der Waals surface area contributed by atoms with Gasteiger partial charge in [0, 0.05) is 0 Å². The molecule has 0 spiro atoms. The summed E-state index contributed by atoms with van der Waals surface area (Å²) in [6.07, 6.45) is -6.76. The quantitative estimate of drug-likeness (QED) is 0.638. The molecule has 1 atom stereocenters. The molecule has 0 bridgehead atoms. The number of ether oxygens (including phenoxy) is 3. The summed E-state index contributed by atoms with van der Waals surface area (Å²) in [5.41, 5.74) is -4.62. The van der Waals surface area contributed by atoms with E-state index in [2.05, 4.69) is 10.7 Å². The minimum absolute atomic E-state index is 0.0866. The van der Waals surface area contributed by atoms with Gasteiger partial charge in [0.1, 0.15) is 11.4 Å². The van der Waals surface area contributed by atoms with E-state index in [0.717, 1.165) is 7.11 Å². The minimum atomic E-state index is -5.29. The van der Waals surface area contributed by atoms with E-state index in [-0.39, 0.29) is 11.3 Å². The van der Waals surface area contributed by atoms with E-state index < -0.39 is 29.4 Å². The third-order valence-electron chi connectivity index (χ3n) is 3.10. The summed E-state index contributed by atoms with van der Waals surface area (Å²) in [6.45, 7) is 4.38. The van der Waals surface area contributed by atoms with Gasteiger partial charge < -0.3 is 14.2 Å². The van der Waals surface area contributed by atoms with Gasteiger partial charge in [-0.25, -0.2) is 9.59 Å². The number of benzene rings is 1. The second kappa shape index (κ2) is 8.20. The third kappa shape index (κ3) is 5.54. The lowest BCUT2D eigenvalue weighted by Crippen LogP contribution is -2.64. The molecule has 0 aliphatic heterocycles. The minimum Gasteiger partial charge on any atom is -0.495 e. The zero-order chi connectivity index (χ0) is 20.9. The summed E-state index contributed by atoms with van der Waals surface area (Å²) in [7, 11) is 2.07. The number of esters is 1. The van der Waals surface area contributed by atoms with Crippen LogP contribution in [0.3, 0.4) is 0 Å². The van der Waals surface area contributed by atoms with Crippen LogP contribution in [0.25, 0.3) is 0 Å². The van der Waals surface area contributed by atoms with Crippen molar-refractivity contribution in [1.82, 2.24) is 5.32 Å². The molecule has 1 N–H and O–H groups in total. The fourth-order valence-corrected chi connectivity index (χ4v) is 1.91. The Morgan fingerprint density at radius 2 is 1.67 bits per heavy atom. The molecule has 1 rings (SSSR count). The van der Waals surface area contributed by atoms with Gasteiger partial charge in [-0.2, -0.15) is 13.2 Å². The van der Waals surface area contributed by atoms with E-state index in [9.17, 15) is 22.8 Å². The van der Waals surface area contributed by atoms with Crippen LogP contribution in [0.1, 0.15) is 26.3 Å². The first-order chi connectivity index (χ1) is 12.4. The molecular formula is C18H20F3NO5. The Hall–Kier alpha value is -2.89. The molecule has 1 amide bonds. The van der Waals surface area contributed by atoms with Crippen LogP contribution in [0.5, 0.6) is 5.75 Å². The smallest absolute Gasteiger partial charge is 0.434 e. The highest BCUT2D eigenvalue weighted by Crippen LogP contribution is 2.32. The predicted molar refractivity (Wildman–Crippen MR) is 90.0 cm³/mol. The van der Waals surface area contributed by atoms with Crippen LogP contribution < -0.4 is 10.1 Å². The van der Waals surface area contributed by atoms with Crippen LogP contribution in [-0.2, 0) is 14.3 Å². The van der Waals surface area contributed by atoms with E-state index >= 15 is 0 Å². The first kappa shape index (κ1) is 22.2. The fourth-order valence-electron chi connectivity index (χ4n) is 1.91. The van der Waals surface area contributed by atoms with Gasteiger partial charge in [-0.15, -0.1) is 0 Å². The van der Waals surface area contributed by atoms with Crippen molar-refractivity contribution in [2.75, 3.05) is 14.2 Å². The molecule has 148 valence electrons. The van der Waals surface area contributed by atoms with Crippen molar-refractivity contribution in [3.05, 3.63) is 29.8 Å². The van der Waals surface area contributed by atoms with Gasteiger partial charge in [-0.05, 0) is 38.8 Å². The van der Waals surface area contributed by atoms with Crippen LogP contribution in [0.15, 0.2) is 24.3 Å². The number of hydrogen-bond acceptors (Lipinski definition) is 5. The highest BCUT2D eigenvalue weighted by atomic mass is 19.4. The molecule has 27 heavy (non-hydrogen) atoms. The number of alkyl carbamates (subject to hydrolysis) is 1. The number of carbonyl (C=O) groups is 2. The lowest BCUT2D eigenvalue weighted by atomic mass is 9.99. The molecule has 9 heteroatoms. The summed E-state index contributed by atoms with van der Waals surface area (Å²) in [6, 6.07) is 6.01. The number of amides is 1. The van der Waals surface area contributed by atoms with Crippen LogP contribution in [0.2, 0.25) is 0 Å². The average molecular weight is 387 g/mol. The standard InChI is InChI=1S/C18H20F3NO5/c1-16(2,3)27-15(24)22-17(14(23)26-5,18(19,20)21)11-10-12-8-6-7-9-13(12)25-4/h6-9H,1-5H3,(H,22,24). The lowest BCUT2D eigenvalue weighted by molar-refractivity contribution is -0.197. The molecule has 1 unspecified atom stereocenters. The molecule has 1 aromatic rings. The molecular weight excluding hydrogens is 367 g/mol. The molecule has 0 radical (unpaired) electrons. The highest BCUT2D eigenvalue weighted by molar-refractivity contribution is 5.91. The highest BCUT2D eigenvalue weighted by Gasteiger charge is 2.63. The molecule has 0 aromatic heterocycles. The maximum Gasteiger partial charge on any atom is 0.434 e. The second-order valence-electron chi connectivity index (χ2n) is 6.32. The lowest BCUT2D eigenvalue weighted by Gasteiger charge is -2.30. The number of para-hydroxylation sites is 1. The van der Waals surface area contributed by atoms with Crippen molar-refractivity contribution >= 4 is 12.1 Å². The number of hydrogen-bond donors (Lipinski definition) is 1. The number of carbonyl (C=O) groups excluding carboxylic acids is 2. The first-order valence-corrected chi connectivity index (χ1v) is 7.69. The SMILES string of the molecule is COC(=O)C(C#Cc1ccccc1OC)(NC(=O)OC(C)(C)C)C(F)(F)F. The average Bonchev–Trinajstić information content (AvgIpc) is 2.55. The number of halogens is 3. The third-order valence-corrected chi connectivity index (χ3v) is 3.10. The van der Waals surface area contributed by atoms with E-state index in [1.54, 1.807) is 12.0 Å². The maximum absolute atomic E-state index is 13.8. The van der Waals surface area contributed by atoms with Crippen LogP contribution >= 0.6 is 0 Å². The Morgan fingerprint density at radius 1 is 1.07 bits per heavy atom. The Balaban J connectivity index is 3.48. The topological polar surface area (TPSA) is 73.9 Å². The van der Waals surface area contributed by atoms with Gasteiger partial charge >= 0.3 is 18.2 Å². The Bertz CT molecular complexity index is 759. The summed E-state index contributed by atoms with van der Waals surface area (Å²) in [5.74, 6) is 2.41. The molecule has 1 aromatic carbocycles. The summed E-state index contributed by atoms with van der Waals surface area (Å²) in [4.78, 5) is 24.0. The predicted octanol–water partition coefficient (Wildman–Crippen LogP) is 3.05. The van der Waals surface area contributed by atoms with Crippen molar-refractivity contribution in [2.24, 2.45) is 0 Å². The van der Waals surface area contributed by atoms with E-state index in [1.165, 1.54) is 51.4 Å². The summed E-state index contributed by atoms with van der Waals surface area (Å²) in [5, 5.41) is 1.51. The molecule has 0 saturated carbocycles. The van der Waals surface area contributed by atoms with Crippen molar-refractivity contribution in [3.63, 3.8) is 0 Å². The molecule has 0 saturated heterocycles. The van der Waals surface area contributed by atoms with E-state index in [4.69, 9.17) is 9.47 Å². The zero-order valence-corrected chi connectivity index (χ0v) is 15.5. The van der Waals surface area contributed by atoms with Crippen molar-refractivity contribution < 1.29 is 37.0 Å². The molecule has 0 aliphatic rings.